The lowest BCUT2D eigenvalue weighted by atomic mass is 10.3. The van der Waals surface area contributed by atoms with Gasteiger partial charge in [0.1, 0.15) is 0 Å². The van der Waals surface area contributed by atoms with Gasteiger partial charge in [-0.2, -0.15) is 0 Å². The average molecular weight is 142 g/mol. The van der Waals surface area contributed by atoms with Gasteiger partial charge in [-0.25, -0.2) is 10.5 Å². The Kier molecular flexibility index (Phi) is 2.09. The second-order valence-corrected chi connectivity index (χ2v) is 1.66. The molecule has 0 heterocycles. The van der Waals surface area contributed by atoms with Crippen LogP contribution in [0, 0.1) is 0 Å². The van der Waals surface area contributed by atoms with E-state index >= 15 is 0 Å². The maximum absolute atomic E-state index is 8.12. The molecule has 4 heteroatoms. The van der Waals surface area contributed by atoms with Crippen LogP contribution in [-0.4, -0.2) is 10.5 Å². The van der Waals surface area contributed by atoms with Crippen LogP contribution in [0.3, 0.4) is 0 Å². The number of rotatable bonds is 2. The van der Waals surface area contributed by atoms with Crippen molar-refractivity contribution in [3.63, 3.8) is 0 Å². The van der Waals surface area contributed by atoms with Crippen LogP contribution < -0.4 is 9.78 Å². The van der Waals surface area contributed by atoms with Crippen molar-refractivity contribution in [2.75, 3.05) is 0 Å². The molecular formula is C6H6O4. The van der Waals surface area contributed by atoms with Crippen LogP contribution in [0.5, 0.6) is 11.5 Å². The molecule has 0 saturated heterocycles. The van der Waals surface area contributed by atoms with E-state index in [9.17, 15) is 0 Å². The zero-order valence-corrected chi connectivity index (χ0v) is 5.02. The molecule has 0 aromatic heterocycles. The third-order valence-corrected chi connectivity index (χ3v) is 1.02. The van der Waals surface area contributed by atoms with Gasteiger partial charge in [0.15, 0.2) is 11.5 Å². The fraction of sp³-hybridized carbons (Fsp3) is 0. The van der Waals surface area contributed by atoms with Crippen molar-refractivity contribution in [2.24, 2.45) is 0 Å². The summed E-state index contributed by atoms with van der Waals surface area (Å²) in [7, 11) is 0. The van der Waals surface area contributed by atoms with Gasteiger partial charge in [-0.1, -0.05) is 6.07 Å². The normalized spacial score (nSPS) is 9.00. The Morgan fingerprint density at radius 2 is 1.50 bits per heavy atom. The third-order valence-electron chi connectivity index (χ3n) is 1.02. The van der Waals surface area contributed by atoms with Crippen LogP contribution >= 0.6 is 0 Å². The Labute approximate surface area is 57.1 Å². The minimum atomic E-state index is 0.214. The Balaban J connectivity index is 2.87. The highest BCUT2D eigenvalue weighted by molar-refractivity contribution is 5.31. The molecule has 10 heavy (non-hydrogen) atoms. The van der Waals surface area contributed by atoms with Crippen LogP contribution in [0.2, 0.25) is 0 Å². The monoisotopic (exact) mass is 142 g/mol. The topological polar surface area (TPSA) is 58.9 Å². The Morgan fingerprint density at radius 3 is 1.90 bits per heavy atom. The van der Waals surface area contributed by atoms with E-state index in [0.717, 1.165) is 0 Å². The van der Waals surface area contributed by atoms with Gasteiger partial charge in [-0.3, -0.25) is 0 Å². The molecule has 0 radical (unpaired) electrons. The summed E-state index contributed by atoms with van der Waals surface area (Å²) in [5, 5.41) is 16.2. The SMILES string of the molecule is OOc1cccc(OO)c1. The zero-order valence-electron chi connectivity index (χ0n) is 5.02. The van der Waals surface area contributed by atoms with Crippen LogP contribution in [-0.2, 0) is 0 Å². The van der Waals surface area contributed by atoms with Gasteiger partial charge >= 0.3 is 0 Å². The van der Waals surface area contributed by atoms with Crippen molar-refractivity contribution >= 4 is 0 Å². The maximum Gasteiger partial charge on any atom is 0.168 e. The maximum atomic E-state index is 8.12. The van der Waals surface area contributed by atoms with E-state index in [1.165, 1.54) is 18.2 Å². The first-order valence-corrected chi connectivity index (χ1v) is 2.59. The summed E-state index contributed by atoms with van der Waals surface area (Å²) in [6.45, 7) is 0. The van der Waals surface area contributed by atoms with Gasteiger partial charge in [0.25, 0.3) is 0 Å². The number of hydrogen-bond acceptors (Lipinski definition) is 4. The Morgan fingerprint density at radius 1 is 1.00 bits per heavy atom. The molecule has 0 spiro atoms. The summed E-state index contributed by atoms with van der Waals surface area (Å²) in [4.78, 5) is 7.73. The molecule has 1 aromatic carbocycles. The predicted octanol–water partition coefficient (Wildman–Crippen LogP) is 1.39. The van der Waals surface area contributed by atoms with Gasteiger partial charge in [0.2, 0.25) is 0 Å². The minimum Gasteiger partial charge on any atom is -0.340 e. The molecule has 0 amide bonds. The average Bonchev–Trinajstić information content (AvgIpc) is 2.05. The molecule has 2 N–H and O–H groups in total. The summed E-state index contributed by atoms with van der Waals surface area (Å²) in [6.07, 6.45) is 0. The van der Waals surface area contributed by atoms with Crippen molar-refractivity contribution in [3.8, 4) is 11.5 Å². The van der Waals surface area contributed by atoms with Gasteiger partial charge in [0.05, 0.1) is 0 Å². The lowest BCUT2D eigenvalue weighted by Crippen LogP contribution is -1.86. The highest BCUT2D eigenvalue weighted by atomic mass is 17.1. The number of hydrogen-bond donors (Lipinski definition) is 2. The summed E-state index contributed by atoms with van der Waals surface area (Å²) in [5.74, 6) is 0.429. The van der Waals surface area contributed by atoms with Crippen LogP contribution in [0.1, 0.15) is 0 Å². The molecule has 0 atom stereocenters. The lowest BCUT2D eigenvalue weighted by Gasteiger charge is -1.97. The second kappa shape index (κ2) is 3.05. The van der Waals surface area contributed by atoms with Gasteiger partial charge in [0, 0.05) is 6.07 Å². The van der Waals surface area contributed by atoms with E-state index in [4.69, 9.17) is 10.5 Å². The van der Waals surface area contributed by atoms with Crippen LogP contribution in [0.15, 0.2) is 24.3 Å². The largest absolute Gasteiger partial charge is 0.340 e. The van der Waals surface area contributed by atoms with E-state index < -0.39 is 0 Å². The quantitative estimate of drug-likeness (QED) is 0.484. The Bertz CT molecular complexity index is 191. The summed E-state index contributed by atoms with van der Waals surface area (Å²) in [6, 6.07) is 5.93. The molecule has 0 bridgehead atoms. The van der Waals surface area contributed by atoms with Crippen molar-refractivity contribution < 1.29 is 20.3 Å². The zero-order chi connectivity index (χ0) is 7.40. The summed E-state index contributed by atoms with van der Waals surface area (Å²) in [5.41, 5.74) is 0. The molecule has 0 aliphatic heterocycles. The van der Waals surface area contributed by atoms with E-state index in [0.29, 0.717) is 0 Å². The fourth-order valence-corrected chi connectivity index (χ4v) is 0.588. The van der Waals surface area contributed by atoms with Crippen molar-refractivity contribution in [3.05, 3.63) is 24.3 Å². The van der Waals surface area contributed by atoms with Gasteiger partial charge in [-0.05, 0) is 12.1 Å². The lowest BCUT2D eigenvalue weighted by molar-refractivity contribution is -0.144. The molecule has 1 rings (SSSR count). The van der Waals surface area contributed by atoms with Crippen molar-refractivity contribution in [1.29, 1.82) is 0 Å². The molecule has 4 nitrogen and oxygen atoms in total. The van der Waals surface area contributed by atoms with E-state index in [1.807, 2.05) is 0 Å². The Hall–Kier alpha value is -1.26. The number of benzene rings is 1. The summed E-state index contributed by atoms with van der Waals surface area (Å²) < 4.78 is 0. The van der Waals surface area contributed by atoms with E-state index in [2.05, 4.69) is 9.78 Å². The summed E-state index contributed by atoms with van der Waals surface area (Å²) >= 11 is 0. The van der Waals surface area contributed by atoms with E-state index in [1.54, 1.807) is 6.07 Å². The second-order valence-electron chi connectivity index (χ2n) is 1.66. The molecule has 1 aromatic rings. The first-order chi connectivity index (χ1) is 4.86. The molecule has 0 fully saturated rings. The van der Waals surface area contributed by atoms with Crippen molar-refractivity contribution in [2.45, 2.75) is 0 Å². The fourth-order valence-electron chi connectivity index (χ4n) is 0.588. The molecule has 54 valence electrons. The first-order valence-electron chi connectivity index (χ1n) is 2.59. The molecule has 0 aliphatic rings. The molecular weight excluding hydrogens is 136 g/mol. The van der Waals surface area contributed by atoms with Crippen LogP contribution in [0.25, 0.3) is 0 Å². The van der Waals surface area contributed by atoms with Crippen LogP contribution in [0.4, 0.5) is 0 Å². The van der Waals surface area contributed by atoms with Crippen molar-refractivity contribution in [1.82, 2.24) is 0 Å². The smallest absolute Gasteiger partial charge is 0.168 e. The predicted molar refractivity (Wildman–Crippen MR) is 33.0 cm³/mol. The first kappa shape index (κ1) is 6.85. The highest BCUT2D eigenvalue weighted by Gasteiger charge is 1.94. The minimum absolute atomic E-state index is 0.214. The van der Waals surface area contributed by atoms with E-state index in [-0.39, 0.29) is 11.5 Å². The third kappa shape index (κ3) is 1.37. The standard InChI is InChI=1S/C6H6O4/c7-9-5-2-1-3-6(4-5)10-8/h1-4,7-8H. The highest BCUT2D eigenvalue weighted by Crippen LogP contribution is 2.17. The molecule has 0 aliphatic carbocycles. The van der Waals surface area contributed by atoms with Gasteiger partial charge in [-0.15, -0.1) is 0 Å². The molecule has 0 saturated carbocycles. The van der Waals surface area contributed by atoms with Gasteiger partial charge < -0.3 is 9.78 Å². The molecule has 0 unspecified atom stereocenters.